The fraction of sp³-hybridized carbons (Fsp3) is 0.714. The zero-order chi connectivity index (χ0) is 14.0. The number of hydrogen-bond donors (Lipinski definition) is 2. The Morgan fingerprint density at radius 2 is 2.11 bits per heavy atom. The number of amides is 1. The first-order valence-electron chi connectivity index (χ1n) is 6.93. The highest BCUT2D eigenvalue weighted by Gasteiger charge is 2.40. The van der Waals surface area contributed by atoms with Crippen LogP contribution in [0.3, 0.4) is 0 Å². The van der Waals surface area contributed by atoms with Crippen molar-refractivity contribution in [3.8, 4) is 0 Å². The maximum atomic E-state index is 12.5. The van der Waals surface area contributed by atoms with Crippen molar-refractivity contribution in [2.45, 2.75) is 52.5 Å². The molecule has 3 N–H and O–H groups in total. The monoisotopic (exact) mass is 281 g/mol. The molecular weight excluding hydrogens is 258 g/mol. The molecule has 5 heteroatoms. The van der Waals surface area contributed by atoms with Crippen LogP contribution in [0, 0.1) is 19.3 Å². The Bertz CT molecular complexity index is 463. The summed E-state index contributed by atoms with van der Waals surface area (Å²) in [6.07, 6.45) is 4.06. The van der Waals surface area contributed by atoms with Crippen LogP contribution in [0.1, 0.15) is 54.2 Å². The second-order valence-electron chi connectivity index (χ2n) is 5.57. The van der Waals surface area contributed by atoms with E-state index in [0.29, 0.717) is 6.54 Å². The molecule has 0 aromatic carbocycles. The van der Waals surface area contributed by atoms with Crippen LogP contribution >= 0.6 is 11.3 Å². The number of carbonyl (C=O) groups is 1. The largest absolute Gasteiger partial charge is 0.348 e. The van der Waals surface area contributed by atoms with Gasteiger partial charge in [-0.2, -0.15) is 0 Å². The molecule has 1 unspecified atom stereocenters. The topological polar surface area (TPSA) is 68.0 Å². The van der Waals surface area contributed by atoms with Crippen molar-refractivity contribution < 1.29 is 4.79 Å². The van der Waals surface area contributed by atoms with Crippen molar-refractivity contribution in [2.24, 2.45) is 11.1 Å². The fourth-order valence-corrected chi connectivity index (χ4v) is 3.87. The molecule has 0 spiro atoms. The van der Waals surface area contributed by atoms with Gasteiger partial charge in [-0.15, -0.1) is 11.3 Å². The summed E-state index contributed by atoms with van der Waals surface area (Å²) >= 11 is 1.66. The highest BCUT2D eigenvalue weighted by molar-refractivity contribution is 7.11. The predicted molar refractivity (Wildman–Crippen MR) is 78.1 cm³/mol. The van der Waals surface area contributed by atoms with E-state index in [2.05, 4.69) is 10.3 Å². The number of nitrogens with two attached hydrogens (primary N) is 1. The lowest BCUT2D eigenvalue weighted by atomic mass is 9.85. The van der Waals surface area contributed by atoms with E-state index in [0.717, 1.165) is 41.3 Å². The Balaban J connectivity index is 2.08. The number of nitrogens with zero attached hydrogens (tertiary/aromatic N) is 1. The molecule has 0 radical (unpaired) electrons. The van der Waals surface area contributed by atoms with Gasteiger partial charge >= 0.3 is 0 Å². The Morgan fingerprint density at radius 1 is 1.47 bits per heavy atom. The number of aromatic nitrogens is 1. The van der Waals surface area contributed by atoms with E-state index in [4.69, 9.17) is 5.73 Å². The smallest absolute Gasteiger partial charge is 0.227 e. The zero-order valence-corrected chi connectivity index (χ0v) is 12.8. The van der Waals surface area contributed by atoms with Crippen LogP contribution in [0.2, 0.25) is 0 Å². The molecule has 19 heavy (non-hydrogen) atoms. The average Bonchev–Trinajstić information content (AvgIpc) is 2.96. The van der Waals surface area contributed by atoms with Crippen LogP contribution in [0.5, 0.6) is 0 Å². The van der Waals surface area contributed by atoms with Gasteiger partial charge in [-0.05, 0) is 33.6 Å². The van der Waals surface area contributed by atoms with Crippen LogP contribution in [0.25, 0.3) is 0 Å². The molecular formula is C14H23N3OS. The molecule has 1 heterocycles. The molecule has 1 aliphatic rings. The highest BCUT2D eigenvalue weighted by atomic mass is 32.1. The van der Waals surface area contributed by atoms with Gasteiger partial charge in [0.25, 0.3) is 0 Å². The normalized spacial score (nSPS) is 19.4. The second-order valence-corrected chi connectivity index (χ2v) is 6.80. The van der Waals surface area contributed by atoms with Crippen LogP contribution in [0.15, 0.2) is 0 Å². The van der Waals surface area contributed by atoms with Gasteiger partial charge in [0.1, 0.15) is 0 Å². The van der Waals surface area contributed by atoms with Crippen molar-refractivity contribution in [1.29, 1.82) is 0 Å². The van der Waals surface area contributed by atoms with Gasteiger partial charge in [0.05, 0.1) is 22.2 Å². The zero-order valence-electron chi connectivity index (χ0n) is 12.0. The first-order chi connectivity index (χ1) is 8.98. The predicted octanol–water partition coefficient (Wildman–Crippen LogP) is 2.46. The Morgan fingerprint density at radius 3 is 2.58 bits per heavy atom. The lowest BCUT2D eigenvalue weighted by Gasteiger charge is -2.27. The molecule has 2 rings (SSSR count). The van der Waals surface area contributed by atoms with Gasteiger partial charge in [0.15, 0.2) is 0 Å². The van der Waals surface area contributed by atoms with Crippen LogP contribution < -0.4 is 11.1 Å². The summed E-state index contributed by atoms with van der Waals surface area (Å²) < 4.78 is 0. The number of thiazole rings is 1. The number of carbonyl (C=O) groups excluding carboxylic acids is 1. The molecule has 4 nitrogen and oxygen atoms in total. The standard InChI is InChI=1S/C14H23N3OS/c1-9-12(19-11(3)16-9)10(2)17-13(18)14(8-15)6-4-5-7-14/h10H,4-8,15H2,1-3H3,(H,17,18). The number of nitrogens with one attached hydrogen (secondary N) is 1. The molecule has 0 bridgehead atoms. The van der Waals surface area contributed by atoms with Crippen LogP contribution in [-0.4, -0.2) is 17.4 Å². The van der Waals surface area contributed by atoms with Gasteiger partial charge in [-0.25, -0.2) is 4.98 Å². The molecule has 1 aliphatic carbocycles. The van der Waals surface area contributed by atoms with Gasteiger partial charge in [-0.3, -0.25) is 4.79 Å². The van der Waals surface area contributed by atoms with Crippen molar-refractivity contribution >= 4 is 17.2 Å². The Labute approximate surface area is 118 Å². The van der Waals surface area contributed by atoms with E-state index in [1.165, 1.54) is 0 Å². The Kier molecular flexibility index (Phi) is 4.26. The third kappa shape index (κ3) is 2.82. The van der Waals surface area contributed by atoms with Crippen molar-refractivity contribution in [3.05, 3.63) is 15.6 Å². The summed E-state index contributed by atoms with van der Waals surface area (Å²) in [7, 11) is 0. The molecule has 1 fully saturated rings. The van der Waals surface area contributed by atoms with Gasteiger partial charge in [-0.1, -0.05) is 12.8 Å². The molecule has 1 amide bonds. The third-order valence-corrected chi connectivity index (χ3v) is 5.37. The molecule has 1 aromatic heterocycles. The lowest BCUT2D eigenvalue weighted by Crippen LogP contribution is -2.44. The second kappa shape index (κ2) is 5.59. The molecule has 1 saturated carbocycles. The number of aryl methyl sites for hydroxylation is 2. The van der Waals surface area contributed by atoms with Crippen LogP contribution in [-0.2, 0) is 4.79 Å². The SMILES string of the molecule is Cc1nc(C)c(C(C)NC(=O)C2(CN)CCCC2)s1. The minimum absolute atomic E-state index is 0.0164. The van der Waals surface area contributed by atoms with Gasteiger partial charge < -0.3 is 11.1 Å². The van der Waals surface area contributed by atoms with Crippen molar-refractivity contribution in [2.75, 3.05) is 6.54 Å². The number of rotatable bonds is 4. The van der Waals surface area contributed by atoms with Crippen molar-refractivity contribution in [1.82, 2.24) is 10.3 Å². The molecule has 0 aliphatic heterocycles. The number of hydrogen-bond acceptors (Lipinski definition) is 4. The molecule has 106 valence electrons. The third-order valence-electron chi connectivity index (χ3n) is 4.11. The first-order valence-corrected chi connectivity index (χ1v) is 7.75. The molecule has 1 atom stereocenters. The van der Waals surface area contributed by atoms with E-state index < -0.39 is 0 Å². The maximum absolute atomic E-state index is 12.5. The summed E-state index contributed by atoms with van der Waals surface area (Å²) in [4.78, 5) is 18.1. The first kappa shape index (κ1) is 14.5. The quantitative estimate of drug-likeness (QED) is 0.890. The average molecular weight is 281 g/mol. The highest BCUT2D eigenvalue weighted by Crippen LogP contribution is 2.38. The van der Waals surface area contributed by atoms with E-state index in [1.807, 2.05) is 20.8 Å². The summed E-state index contributed by atoms with van der Waals surface area (Å²) in [5.41, 5.74) is 6.53. The van der Waals surface area contributed by atoms with Gasteiger partial charge in [0, 0.05) is 11.4 Å². The minimum atomic E-state index is -0.331. The minimum Gasteiger partial charge on any atom is -0.348 e. The summed E-state index contributed by atoms with van der Waals surface area (Å²) in [5, 5.41) is 4.18. The van der Waals surface area contributed by atoms with E-state index in [-0.39, 0.29) is 17.4 Å². The lowest BCUT2D eigenvalue weighted by molar-refractivity contribution is -0.131. The van der Waals surface area contributed by atoms with Gasteiger partial charge in [0.2, 0.25) is 5.91 Å². The summed E-state index contributed by atoms with van der Waals surface area (Å²) in [6.45, 7) is 6.47. The molecule has 0 saturated heterocycles. The van der Waals surface area contributed by atoms with E-state index in [9.17, 15) is 4.79 Å². The van der Waals surface area contributed by atoms with Crippen LogP contribution in [0.4, 0.5) is 0 Å². The maximum Gasteiger partial charge on any atom is 0.227 e. The summed E-state index contributed by atoms with van der Waals surface area (Å²) in [6, 6.07) is 0.0164. The molecule has 1 aromatic rings. The summed E-state index contributed by atoms with van der Waals surface area (Å²) in [5.74, 6) is 0.116. The van der Waals surface area contributed by atoms with E-state index >= 15 is 0 Å². The Hall–Kier alpha value is -0.940. The van der Waals surface area contributed by atoms with E-state index in [1.54, 1.807) is 11.3 Å². The fourth-order valence-electron chi connectivity index (χ4n) is 2.94. The van der Waals surface area contributed by atoms with Crippen molar-refractivity contribution in [3.63, 3.8) is 0 Å².